The molecular formula is C11H16FNO2. The summed E-state index contributed by atoms with van der Waals surface area (Å²) in [7, 11) is 2.97. The van der Waals surface area contributed by atoms with Crippen LogP contribution in [0.25, 0.3) is 0 Å². The zero-order valence-corrected chi connectivity index (χ0v) is 9.21. The van der Waals surface area contributed by atoms with E-state index < -0.39 is 5.82 Å². The summed E-state index contributed by atoms with van der Waals surface area (Å²) in [6, 6.07) is 2.83. The van der Waals surface area contributed by atoms with Gasteiger partial charge in [0.05, 0.1) is 14.2 Å². The summed E-state index contributed by atoms with van der Waals surface area (Å²) in [5.41, 5.74) is 6.36. The zero-order valence-electron chi connectivity index (χ0n) is 9.21. The third-order valence-corrected chi connectivity index (χ3v) is 2.12. The van der Waals surface area contributed by atoms with E-state index in [9.17, 15) is 4.39 Å². The van der Waals surface area contributed by atoms with E-state index >= 15 is 0 Å². The predicted octanol–water partition coefficient (Wildman–Crippen LogP) is 1.73. The lowest BCUT2D eigenvalue weighted by molar-refractivity contribution is 0.364. The second-order valence-corrected chi connectivity index (χ2v) is 3.44. The Morgan fingerprint density at radius 2 is 2.00 bits per heavy atom. The maximum absolute atomic E-state index is 13.4. The summed E-state index contributed by atoms with van der Waals surface area (Å²) in [4.78, 5) is 0. The summed E-state index contributed by atoms with van der Waals surface area (Å²) >= 11 is 0. The lowest BCUT2D eigenvalue weighted by Gasteiger charge is -2.15. The first kappa shape index (κ1) is 11.8. The second-order valence-electron chi connectivity index (χ2n) is 3.44. The molecule has 1 atom stereocenters. The van der Waals surface area contributed by atoms with E-state index in [1.54, 1.807) is 6.07 Å². The summed E-state index contributed by atoms with van der Waals surface area (Å²) < 4.78 is 23.5. The third kappa shape index (κ3) is 2.59. The van der Waals surface area contributed by atoms with Gasteiger partial charge >= 0.3 is 0 Å². The van der Waals surface area contributed by atoms with Crippen molar-refractivity contribution < 1.29 is 13.9 Å². The quantitative estimate of drug-likeness (QED) is 0.828. The Kier molecular flexibility index (Phi) is 3.91. The Bertz CT molecular complexity index is 340. The van der Waals surface area contributed by atoms with Crippen LogP contribution in [0.1, 0.15) is 12.5 Å². The number of rotatable bonds is 4. The number of nitrogens with two attached hydrogens (primary N) is 1. The molecule has 0 fully saturated rings. The third-order valence-electron chi connectivity index (χ3n) is 2.12. The van der Waals surface area contributed by atoms with Gasteiger partial charge in [0.1, 0.15) is 5.75 Å². The number of hydrogen-bond acceptors (Lipinski definition) is 3. The van der Waals surface area contributed by atoms with E-state index in [0.29, 0.717) is 17.7 Å². The van der Waals surface area contributed by atoms with Crippen LogP contribution in [0, 0.1) is 5.82 Å². The van der Waals surface area contributed by atoms with Crippen molar-refractivity contribution in [3.05, 3.63) is 23.5 Å². The van der Waals surface area contributed by atoms with Crippen LogP contribution in [0.15, 0.2) is 12.1 Å². The molecule has 1 aromatic carbocycles. The van der Waals surface area contributed by atoms with Gasteiger partial charge in [0.2, 0.25) is 0 Å². The molecule has 0 spiro atoms. The molecule has 0 saturated carbocycles. The molecule has 1 unspecified atom stereocenters. The lowest BCUT2D eigenvalue weighted by atomic mass is 10.0. The number of ether oxygens (including phenoxy) is 2. The fraction of sp³-hybridized carbons (Fsp3) is 0.455. The van der Waals surface area contributed by atoms with Crippen molar-refractivity contribution in [2.75, 3.05) is 14.2 Å². The molecule has 0 bridgehead atoms. The van der Waals surface area contributed by atoms with E-state index in [2.05, 4.69) is 0 Å². The van der Waals surface area contributed by atoms with E-state index in [4.69, 9.17) is 15.2 Å². The Hall–Kier alpha value is -1.29. The Morgan fingerprint density at radius 3 is 2.47 bits per heavy atom. The highest BCUT2D eigenvalue weighted by molar-refractivity contribution is 5.46. The summed E-state index contributed by atoms with van der Waals surface area (Å²) in [6.07, 6.45) is 0.518. The SMILES string of the molecule is COc1ccc(F)c(OC)c1CC(C)N. The van der Waals surface area contributed by atoms with E-state index in [1.165, 1.54) is 20.3 Å². The van der Waals surface area contributed by atoms with Crippen molar-refractivity contribution in [1.82, 2.24) is 0 Å². The molecule has 4 heteroatoms. The van der Waals surface area contributed by atoms with E-state index in [1.807, 2.05) is 6.92 Å². The molecule has 3 nitrogen and oxygen atoms in total. The highest BCUT2D eigenvalue weighted by atomic mass is 19.1. The van der Waals surface area contributed by atoms with Crippen LogP contribution < -0.4 is 15.2 Å². The van der Waals surface area contributed by atoms with Gasteiger partial charge in [-0.3, -0.25) is 0 Å². The van der Waals surface area contributed by atoms with Gasteiger partial charge in [0.25, 0.3) is 0 Å². The highest BCUT2D eigenvalue weighted by Crippen LogP contribution is 2.31. The van der Waals surface area contributed by atoms with Gasteiger partial charge in [-0.25, -0.2) is 4.39 Å². The molecule has 1 rings (SSSR count). The van der Waals surface area contributed by atoms with Gasteiger partial charge < -0.3 is 15.2 Å². The first-order valence-electron chi connectivity index (χ1n) is 4.75. The average molecular weight is 213 g/mol. The smallest absolute Gasteiger partial charge is 0.165 e. The molecule has 15 heavy (non-hydrogen) atoms. The Morgan fingerprint density at radius 1 is 1.33 bits per heavy atom. The van der Waals surface area contributed by atoms with E-state index in [-0.39, 0.29) is 11.8 Å². The van der Waals surface area contributed by atoms with Crippen molar-refractivity contribution >= 4 is 0 Å². The van der Waals surface area contributed by atoms with Gasteiger partial charge in [0, 0.05) is 11.6 Å². The number of halogens is 1. The molecule has 2 N–H and O–H groups in total. The van der Waals surface area contributed by atoms with Gasteiger partial charge in [0.15, 0.2) is 11.6 Å². The van der Waals surface area contributed by atoms with Crippen molar-refractivity contribution in [3.8, 4) is 11.5 Å². The molecule has 0 aromatic heterocycles. The zero-order chi connectivity index (χ0) is 11.4. The number of benzene rings is 1. The summed E-state index contributed by atoms with van der Waals surface area (Å²) in [6.45, 7) is 1.85. The van der Waals surface area contributed by atoms with Crippen LogP contribution in [0.5, 0.6) is 11.5 Å². The Labute approximate surface area is 89.0 Å². The molecule has 0 amide bonds. The fourth-order valence-corrected chi connectivity index (χ4v) is 1.51. The van der Waals surface area contributed by atoms with Crippen LogP contribution in [-0.2, 0) is 6.42 Å². The maximum atomic E-state index is 13.4. The van der Waals surface area contributed by atoms with Crippen molar-refractivity contribution in [1.29, 1.82) is 0 Å². The van der Waals surface area contributed by atoms with Crippen molar-refractivity contribution in [2.45, 2.75) is 19.4 Å². The fourth-order valence-electron chi connectivity index (χ4n) is 1.51. The molecular weight excluding hydrogens is 197 g/mol. The standard InChI is InChI=1S/C11H16FNO2/c1-7(13)6-8-10(14-2)5-4-9(12)11(8)15-3/h4-5,7H,6,13H2,1-3H3. The minimum atomic E-state index is -0.394. The van der Waals surface area contributed by atoms with E-state index in [0.717, 1.165) is 0 Å². The molecule has 0 saturated heterocycles. The first-order valence-corrected chi connectivity index (χ1v) is 4.75. The molecule has 84 valence electrons. The van der Waals surface area contributed by atoms with Crippen LogP contribution >= 0.6 is 0 Å². The molecule has 0 aliphatic carbocycles. The maximum Gasteiger partial charge on any atom is 0.165 e. The normalized spacial score (nSPS) is 12.3. The van der Waals surface area contributed by atoms with Crippen LogP contribution in [-0.4, -0.2) is 20.3 Å². The van der Waals surface area contributed by atoms with Crippen molar-refractivity contribution in [2.24, 2.45) is 5.73 Å². The minimum Gasteiger partial charge on any atom is -0.496 e. The second kappa shape index (κ2) is 4.98. The lowest BCUT2D eigenvalue weighted by Crippen LogP contribution is -2.19. The Balaban J connectivity index is 3.21. The van der Waals surface area contributed by atoms with Gasteiger partial charge in [-0.15, -0.1) is 0 Å². The van der Waals surface area contributed by atoms with Crippen LogP contribution in [0.4, 0.5) is 4.39 Å². The number of methoxy groups -OCH3 is 2. The van der Waals surface area contributed by atoms with Gasteiger partial charge in [-0.1, -0.05) is 0 Å². The number of hydrogen-bond donors (Lipinski definition) is 1. The minimum absolute atomic E-state index is 0.0744. The topological polar surface area (TPSA) is 44.5 Å². The molecule has 0 aliphatic heterocycles. The molecule has 0 heterocycles. The molecule has 0 radical (unpaired) electrons. The first-order chi connectivity index (χ1) is 7.10. The van der Waals surface area contributed by atoms with Crippen LogP contribution in [0.3, 0.4) is 0 Å². The average Bonchev–Trinajstić information content (AvgIpc) is 2.18. The monoisotopic (exact) mass is 213 g/mol. The molecule has 0 aliphatic rings. The predicted molar refractivity (Wildman–Crippen MR) is 56.9 cm³/mol. The van der Waals surface area contributed by atoms with Crippen molar-refractivity contribution in [3.63, 3.8) is 0 Å². The summed E-state index contributed by atoms with van der Waals surface area (Å²) in [5.74, 6) is 0.422. The van der Waals surface area contributed by atoms with Gasteiger partial charge in [-0.2, -0.15) is 0 Å². The largest absolute Gasteiger partial charge is 0.496 e. The highest BCUT2D eigenvalue weighted by Gasteiger charge is 2.15. The van der Waals surface area contributed by atoms with Gasteiger partial charge in [-0.05, 0) is 25.5 Å². The molecule has 1 aromatic rings. The summed E-state index contributed by atoms with van der Waals surface area (Å²) in [5, 5.41) is 0. The van der Waals surface area contributed by atoms with Crippen LogP contribution in [0.2, 0.25) is 0 Å².